The highest BCUT2D eigenvalue weighted by atomic mass is 16.5. The van der Waals surface area contributed by atoms with Crippen molar-refractivity contribution in [1.29, 1.82) is 0 Å². The summed E-state index contributed by atoms with van der Waals surface area (Å²) < 4.78 is 24.4. The first-order valence-electron chi connectivity index (χ1n) is 9.99. The molecule has 1 amide bonds. The van der Waals surface area contributed by atoms with Gasteiger partial charge in [0.2, 0.25) is 0 Å². The molecule has 0 radical (unpaired) electrons. The van der Waals surface area contributed by atoms with Crippen LogP contribution in [0.3, 0.4) is 0 Å². The van der Waals surface area contributed by atoms with E-state index in [1.54, 1.807) is 35.0 Å². The Hall–Kier alpha value is -3.53. The Bertz CT molecular complexity index is 1150. The summed E-state index contributed by atoms with van der Waals surface area (Å²) in [5.41, 5.74) is 8.88. The number of rotatable bonds is 2. The molecule has 2 aliphatic heterocycles. The van der Waals surface area contributed by atoms with E-state index in [1.165, 1.54) is 7.11 Å². The van der Waals surface area contributed by atoms with Crippen LogP contribution in [-0.4, -0.2) is 71.5 Å². The van der Waals surface area contributed by atoms with Crippen LogP contribution in [0.2, 0.25) is 0 Å². The highest BCUT2D eigenvalue weighted by Crippen LogP contribution is 2.34. The van der Waals surface area contributed by atoms with Crippen LogP contribution in [0.15, 0.2) is 30.6 Å². The lowest BCUT2D eigenvalue weighted by atomic mass is 10.1. The topological polar surface area (TPSA) is 113 Å². The summed E-state index contributed by atoms with van der Waals surface area (Å²) in [5.74, 6) is 1.32. The molecule has 1 aromatic carbocycles. The molecule has 0 unspecified atom stereocenters. The van der Waals surface area contributed by atoms with Crippen LogP contribution in [0.25, 0.3) is 16.8 Å². The van der Waals surface area contributed by atoms with Gasteiger partial charge in [-0.25, -0.2) is 4.52 Å². The SMILES string of the molecule is COc1cn2ncc3c2nc1OC[C@@H]1C[C@@H](OC)C(=O)N1CCOc1cc(N)cc-3c1. The van der Waals surface area contributed by atoms with Gasteiger partial charge in [0, 0.05) is 30.8 Å². The maximum Gasteiger partial charge on any atom is 0.260 e. The minimum Gasteiger partial charge on any atom is -0.492 e. The van der Waals surface area contributed by atoms with Crippen LogP contribution in [0, 0.1) is 0 Å². The molecule has 1 fully saturated rings. The minimum absolute atomic E-state index is 0.0755. The van der Waals surface area contributed by atoms with Gasteiger partial charge in [0.05, 0.1) is 32.1 Å². The monoisotopic (exact) mass is 425 g/mol. The molecule has 162 valence electrons. The second kappa shape index (κ2) is 7.62. The second-order valence-electron chi connectivity index (χ2n) is 7.54. The van der Waals surface area contributed by atoms with Crippen molar-refractivity contribution in [2.75, 3.05) is 39.7 Å². The van der Waals surface area contributed by atoms with Crippen molar-refractivity contribution in [3.63, 3.8) is 0 Å². The Morgan fingerprint density at radius 2 is 2.10 bits per heavy atom. The number of amides is 1. The number of ether oxygens (including phenoxy) is 4. The van der Waals surface area contributed by atoms with E-state index < -0.39 is 6.10 Å². The van der Waals surface area contributed by atoms with Gasteiger partial charge in [0.1, 0.15) is 25.1 Å². The predicted molar refractivity (Wildman–Crippen MR) is 111 cm³/mol. The number of nitrogens with two attached hydrogens (primary N) is 1. The molecule has 0 spiro atoms. The predicted octanol–water partition coefficient (Wildman–Crippen LogP) is 1.37. The lowest BCUT2D eigenvalue weighted by molar-refractivity contribution is -0.137. The van der Waals surface area contributed by atoms with E-state index in [-0.39, 0.29) is 18.6 Å². The average molecular weight is 425 g/mol. The number of anilines is 1. The van der Waals surface area contributed by atoms with E-state index in [1.807, 2.05) is 12.1 Å². The third-order valence-electron chi connectivity index (χ3n) is 5.67. The van der Waals surface area contributed by atoms with Crippen LogP contribution in [-0.2, 0) is 9.53 Å². The first-order chi connectivity index (χ1) is 15.1. The fourth-order valence-corrected chi connectivity index (χ4v) is 4.11. The summed E-state index contributed by atoms with van der Waals surface area (Å²) in [5, 5.41) is 4.39. The number of carbonyl (C=O) groups excluding carboxylic acids is 1. The van der Waals surface area contributed by atoms with Gasteiger partial charge in [0.25, 0.3) is 11.8 Å². The van der Waals surface area contributed by atoms with Gasteiger partial charge in [-0.3, -0.25) is 4.79 Å². The fourth-order valence-electron chi connectivity index (χ4n) is 4.11. The number of nitrogens with zero attached hydrogens (tertiary/aromatic N) is 4. The normalized spacial score (nSPS) is 20.8. The van der Waals surface area contributed by atoms with Gasteiger partial charge in [-0.15, -0.1) is 0 Å². The molecule has 5 rings (SSSR count). The molecule has 0 saturated carbocycles. The van der Waals surface area contributed by atoms with Gasteiger partial charge in [-0.05, 0) is 17.7 Å². The number of hydrogen-bond acceptors (Lipinski definition) is 8. The van der Waals surface area contributed by atoms with E-state index in [4.69, 9.17) is 24.7 Å². The van der Waals surface area contributed by atoms with Crippen LogP contribution in [0.4, 0.5) is 5.69 Å². The standard InChI is InChI=1S/C21H23N5O5/c1-28-17-8-14-11-31-20-18(29-2)10-26-19(24-20)16(9-23-26)12-5-13(22)7-15(6-12)30-4-3-25(14)21(17)27/h5-7,9-10,14,17H,3-4,8,11,22H2,1-2H3/t14-,17+/m0/s1. The third-order valence-corrected chi connectivity index (χ3v) is 5.67. The molecule has 4 bridgehead atoms. The molecule has 4 heterocycles. The van der Waals surface area contributed by atoms with Crippen LogP contribution in [0.5, 0.6) is 17.4 Å². The molecule has 2 aromatic heterocycles. The molecule has 10 heteroatoms. The van der Waals surface area contributed by atoms with Gasteiger partial charge >= 0.3 is 0 Å². The van der Waals surface area contributed by atoms with Crippen molar-refractivity contribution in [1.82, 2.24) is 19.5 Å². The third kappa shape index (κ3) is 3.38. The zero-order valence-corrected chi connectivity index (χ0v) is 17.3. The Kier molecular flexibility index (Phi) is 4.78. The summed E-state index contributed by atoms with van der Waals surface area (Å²) in [6.07, 6.45) is 3.46. The molecule has 0 aliphatic carbocycles. The van der Waals surface area contributed by atoms with Crippen molar-refractivity contribution in [3.05, 3.63) is 30.6 Å². The highest BCUT2D eigenvalue weighted by Gasteiger charge is 2.40. The lowest BCUT2D eigenvalue weighted by Crippen LogP contribution is -2.40. The minimum atomic E-state index is -0.498. The average Bonchev–Trinajstić information content (AvgIpc) is 3.31. The van der Waals surface area contributed by atoms with E-state index in [2.05, 4.69) is 10.1 Å². The Morgan fingerprint density at radius 3 is 2.90 bits per heavy atom. The summed E-state index contributed by atoms with van der Waals surface area (Å²) >= 11 is 0. The number of nitrogen functional groups attached to an aromatic ring is 1. The molecule has 10 nitrogen and oxygen atoms in total. The number of benzene rings is 1. The maximum absolute atomic E-state index is 12.7. The van der Waals surface area contributed by atoms with Crippen molar-refractivity contribution < 1.29 is 23.7 Å². The molecule has 2 aliphatic rings. The van der Waals surface area contributed by atoms with Gasteiger partial charge < -0.3 is 29.6 Å². The Balaban J connectivity index is 1.62. The van der Waals surface area contributed by atoms with E-state index in [0.717, 1.165) is 11.1 Å². The van der Waals surface area contributed by atoms with Crippen molar-refractivity contribution in [2.24, 2.45) is 0 Å². The fraction of sp³-hybridized carbons (Fsp3) is 0.381. The molecule has 2 atom stereocenters. The smallest absolute Gasteiger partial charge is 0.260 e. The van der Waals surface area contributed by atoms with Crippen molar-refractivity contribution >= 4 is 17.2 Å². The first kappa shape index (κ1) is 19.4. The number of methoxy groups -OCH3 is 2. The first-order valence-corrected chi connectivity index (χ1v) is 9.99. The molecular weight excluding hydrogens is 402 g/mol. The summed E-state index contributed by atoms with van der Waals surface area (Å²) in [6, 6.07) is 5.30. The van der Waals surface area contributed by atoms with Gasteiger partial charge in [-0.1, -0.05) is 0 Å². The maximum atomic E-state index is 12.7. The number of carbonyl (C=O) groups is 1. The van der Waals surface area contributed by atoms with Crippen LogP contribution in [0.1, 0.15) is 6.42 Å². The van der Waals surface area contributed by atoms with Crippen molar-refractivity contribution in [2.45, 2.75) is 18.6 Å². The Morgan fingerprint density at radius 1 is 1.23 bits per heavy atom. The molecular formula is C21H23N5O5. The number of fused-ring (bicyclic) bond motifs is 5. The summed E-state index contributed by atoms with van der Waals surface area (Å²) in [4.78, 5) is 19.1. The molecule has 1 saturated heterocycles. The lowest BCUT2D eigenvalue weighted by Gasteiger charge is -2.25. The zero-order chi connectivity index (χ0) is 21.5. The second-order valence-corrected chi connectivity index (χ2v) is 7.54. The van der Waals surface area contributed by atoms with E-state index in [0.29, 0.717) is 48.3 Å². The quantitative estimate of drug-likeness (QED) is 0.613. The zero-order valence-electron chi connectivity index (χ0n) is 17.3. The van der Waals surface area contributed by atoms with Gasteiger partial charge in [0.15, 0.2) is 11.4 Å². The molecule has 3 aromatic rings. The summed E-state index contributed by atoms with van der Waals surface area (Å²) in [6.45, 7) is 0.976. The molecule has 31 heavy (non-hydrogen) atoms. The highest BCUT2D eigenvalue weighted by molar-refractivity contribution is 5.84. The molecule has 2 N–H and O–H groups in total. The van der Waals surface area contributed by atoms with Gasteiger partial charge in [-0.2, -0.15) is 10.1 Å². The van der Waals surface area contributed by atoms with Crippen LogP contribution < -0.4 is 19.9 Å². The number of aromatic nitrogens is 3. The van der Waals surface area contributed by atoms with Crippen molar-refractivity contribution in [3.8, 4) is 28.5 Å². The van der Waals surface area contributed by atoms with Crippen LogP contribution >= 0.6 is 0 Å². The largest absolute Gasteiger partial charge is 0.492 e. The Labute approximate surface area is 178 Å². The number of hydrogen-bond donors (Lipinski definition) is 1. The summed E-state index contributed by atoms with van der Waals surface area (Å²) in [7, 11) is 3.09. The van der Waals surface area contributed by atoms with E-state index >= 15 is 0 Å². The van der Waals surface area contributed by atoms with E-state index in [9.17, 15) is 4.79 Å².